The standard InChI is InChI=1S/C35H28O16/c36-16-6-13(7-21-25(16)17(37)10-20(49-21)12-4-2-1-3-5-12)32-30(44)31(45)33-22(50-32)11-48-34(46)14-8-18(38)26(40)28(42)23(14)24-15(35(47)51-33)9-19(39)27(41)29(24)43/h1-9,20,22,30-33,36,38-45H,10-11H2/t20?,22-,30-,31-,32+,33-/m1/s1. The predicted octanol–water partition coefficient (Wildman–Crippen LogP) is 2.56. The highest BCUT2D eigenvalue weighted by molar-refractivity contribution is 6.08. The quantitative estimate of drug-likeness (QED) is 0.107. The number of carbonyl (C=O) groups is 3. The second-order valence-corrected chi connectivity index (χ2v) is 12.1. The van der Waals surface area contributed by atoms with Crippen molar-refractivity contribution in [2.45, 2.75) is 43.0 Å². The molecule has 16 nitrogen and oxygen atoms in total. The summed E-state index contributed by atoms with van der Waals surface area (Å²) in [5.41, 5.74) is -2.62. The molecule has 16 heteroatoms. The molecule has 3 aliphatic heterocycles. The molecule has 6 atom stereocenters. The first-order valence-electron chi connectivity index (χ1n) is 15.3. The average molecular weight is 705 g/mol. The summed E-state index contributed by atoms with van der Waals surface area (Å²) in [6.45, 7) is -0.820. The molecule has 1 unspecified atom stereocenters. The summed E-state index contributed by atoms with van der Waals surface area (Å²) in [5.74, 6) is -10.7. The number of phenolic OH excluding ortho intramolecular Hbond substituents is 7. The maximum Gasteiger partial charge on any atom is 0.339 e. The molecule has 0 spiro atoms. The van der Waals surface area contributed by atoms with Gasteiger partial charge in [0, 0.05) is 11.1 Å². The molecule has 0 aliphatic carbocycles. The molecule has 3 heterocycles. The van der Waals surface area contributed by atoms with Gasteiger partial charge in [0.1, 0.15) is 54.2 Å². The van der Waals surface area contributed by atoms with E-state index in [-0.39, 0.29) is 23.3 Å². The molecule has 4 aromatic carbocycles. The molecule has 3 aliphatic rings. The summed E-state index contributed by atoms with van der Waals surface area (Å²) in [7, 11) is 0. The molecular weight excluding hydrogens is 676 g/mol. The number of Topliss-reactive ketones (excluding diaryl/α,β-unsaturated/α-hetero) is 1. The summed E-state index contributed by atoms with van der Waals surface area (Å²) < 4.78 is 22.9. The van der Waals surface area contributed by atoms with Gasteiger partial charge in [-0.05, 0) is 35.4 Å². The number of hydrogen-bond donors (Lipinski definition) is 9. The fourth-order valence-electron chi connectivity index (χ4n) is 6.51. The topological polar surface area (TPSA) is 270 Å². The number of aliphatic hydroxyl groups excluding tert-OH is 2. The Labute approximate surface area is 286 Å². The van der Waals surface area contributed by atoms with Crippen LogP contribution in [0.15, 0.2) is 54.6 Å². The first-order valence-corrected chi connectivity index (χ1v) is 15.3. The van der Waals surface area contributed by atoms with E-state index < -0.39 is 123 Å². The number of aromatic hydroxyl groups is 7. The van der Waals surface area contributed by atoms with Crippen molar-refractivity contribution in [3.63, 3.8) is 0 Å². The lowest BCUT2D eigenvalue weighted by molar-refractivity contribution is -0.231. The van der Waals surface area contributed by atoms with Crippen LogP contribution in [0.3, 0.4) is 0 Å². The van der Waals surface area contributed by atoms with Crippen molar-refractivity contribution in [2.24, 2.45) is 0 Å². The number of phenols is 7. The summed E-state index contributed by atoms with van der Waals surface area (Å²) >= 11 is 0. The van der Waals surface area contributed by atoms with Gasteiger partial charge >= 0.3 is 11.9 Å². The van der Waals surface area contributed by atoms with E-state index >= 15 is 0 Å². The zero-order valence-corrected chi connectivity index (χ0v) is 26.0. The minimum absolute atomic E-state index is 0.0102. The molecule has 4 aromatic rings. The third kappa shape index (κ3) is 5.41. The van der Waals surface area contributed by atoms with Gasteiger partial charge < -0.3 is 64.9 Å². The Morgan fingerprint density at radius 1 is 0.608 bits per heavy atom. The van der Waals surface area contributed by atoms with Gasteiger partial charge in [-0.3, -0.25) is 4.79 Å². The molecule has 51 heavy (non-hydrogen) atoms. The summed E-state index contributed by atoms with van der Waals surface area (Å²) in [6.07, 6.45) is -9.61. The van der Waals surface area contributed by atoms with Crippen LogP contribution in [0.1, 0.15) is 60.8 Å². The number of carbonyl (C=O) groups excluding carboxylic acids is 3. The monoisotopic (exact) mass is 704 g/mol. The van der Waals surface area contributed by atoms with Crippen molar-refractivity contribution in [1.29, 1.82) is 0 Å². The fraction of sp³-hybridized carbons (Fsp3) is 0.229. The van der Waals surface area contributed by atoms with E-state index in [1.807, 2.05) is 0 Å². The van der Waals surface area contributed by atoms with Crippen molar-refractivity contribution in [2.75, 3.05) is 6.61 Å². The lowest BCUT2D eigenvalue weighted by Gasteiger charge is -2.42. The molecule has 0 bridgehead atoms. The summed E-state index contributed by atoms with van der Waals surface area (Å²) in [4.78, 5) is 40.2. The number of benzene rings is 4. The maximum atomic E-state index is 13.7. The zero-order valence-electron chi connectivity index (χ0n) is 26.0. The third-order valence-corrected chi connectivity index (χ3v) is 9.03. The first kappa shape index (κ1) is 33.3. The summed E-state index contributed by atoms with van der Waals surface area (Å²) in [6, 6.07) is 12.5. The Kier molecular flexibility index (Phi) is 8.01. The third-order valence-electron chi connectivity index (χ3n) is 9.03. The van der Waals surface area contributed by atoms with Crippen LogP contribution in [0, 0.1) is 0 Å². The van der Waals surface area contributed by atoms with Gasteiger partial charge in [-0.15, -0.1) is 0 Å². The first-order chi connectivity index (χ1) is 24.3. The smallest absolute Gasteiger partial charge is 0.339 e. The number of esters is 2. The van der Waals surface area contributed by atoms with Crippen LogP contribution in [0.4, 0.5) is 0 Å². The molecular formula is C35H28O16. The normalized spacial score (nSPS) is 24.4. The molecule has 264 valence electrons. The van der Waals surface area contributed by atoms with Crippen LogP contribution in [0.2, 0.25) is 0 Å². The Balaban J connectivity index is 1.29. The van der Waals surface area contributed by atoms with E-state index in [0.29, 0.717) is 17.7 Å². The van der Waals surface area contributed by atoms with Gasteiger partial charge in [-0.2, -0.15) is 0 Å². The van der Waals surface area contributed by atoms with Crippen molar-refractivity contribution in [3.05, 3.63) is 82.4 Å². The van der Waals surface area contributed by atoms with E-state index in [1.54, 1.807) is 30.3 Å². The van der Waals surface area contributed by atoms with E-state index in [2.05, 4.69) is 0 Å². The van der Waals surface area contributed by atoms with E-state index in [0.717, 1.165) is 6.07 Å². The number of ether oxygens (including phenoxy) is 4. The number of aliphatic hydroxyl groups is 2. The van der Waals surface area contributed by atoms with Crippen molar-refractivity contribution >= 4 is 17.7 Å². The van der Waals surface area contributed by atoms with Crippen molar-refractivity contribution < 1.29 is 79.3 Å². The highest BCUT2D eigenvalue weighted by Gasteiger charge is 2.49. The minimum Gasteiger partial charge on any atom is -0.507 e. The molecule has 9 N–H and O–H groups in total. The molecule has 7 rings (SSSR count). The predicted molar refractivity (Wildman–Crippen MR) is 168 cm³/mol. The van der Waals surface area contributed by atoms with Gasteiger partial charge in [-0.25, -0.2) is 9.59 Å². The van der Waals surface area contributed by atoms with Crippen LogP contribution in [0.5, 0.6) is 46.0 Å². The van der Waals surface area contributed by atoms with Gasteiger partial charge in [0.15, 0.2) is 34.9 Å². The van der Waals surface area contributed by atoms with Crippen LogP contribution < -0.4 is 4.74 Å². The minimum atomic E-state index is -2.00. The number of cyclic esters (lactones) is 1. The second-order valence-electron chi connectivity index (χ2n) is 12.1. The van der Waals surface area contributed by atoms with Crippen molar-refractivity contribution in [1.82, 2.24) is 0 Å². The van der Waals surface area contributed by atoms with Crippen LogP contribution in [-0.4, -0.2) is 94.7 Å². The highest BCUT2D eigenvalue weighted by atomic mass is 16.6. The van der Waals surface area contributed by atoms with E-state index in [9.17, 15) is 60.3 Å². The molecule has 0 aromatic heterocycles. The second kappa shape index (κ2) is 12.3. The zero-order chi connectivity index (χ0) is 36.5. The number of rotatable bonds is 2. The van der Waals surface area contributed by atoms with Gasteiger partial charge in [0.25, 0.3) is 0 Å². The Morgan fingerprint density at radius 3 is 1.84 bits per heavy atom. The molecule has 1 fully saturated rings. The fourth-order valence-corrected chi connectivity index (χ4v) is 6.51. The van der Waals surface area contributed by atoms with Crippen LogP contribution >= 0.6 is 0 Å². The van der Waals surface area contributed by atoms with Crippen LogP contribution in [-0.2, 0) is 14.2 Å². The van der Waals surface area contributed by atoms with Gasteiger partial charge in [-0.1, -0.05) is 30.3 Å². The number of hydrogen-bond acceptors (Lipinski definition) is 16. The lowest BCUT2D eigenvalue weighted by atomic mass is 9.88. The SMILES string of the molecule is O=C1OC[C@H]2O[C@@H](c3cc(O)c4c(c3)OC(c3ccccc3)CC4=O)[C@H](O)[C@@H](O)[C@@H]2OC(=O)c2cc(O)c(O)c(O)c2-c2c1cc(O)c(O)c2O. The molecule has 0 radical (unpaired) electrons. The number of ketones is 1. The number of fused-ring (bicyclic) bond motifs is 5. The van der Waals surface area contributed by atoms with E-state index in [1.165, 1.54) is 6.07 Å². The Morgan fingerprint density at radius 2 is 1.22 bits per heavy atom. The van der Waals surface area contributed by atoms with Crippen LogP contribution in [0.25, 0.3) is 11.1 Å². The average Bonchev–Trinajstić information content (AvgIpc) is 3.12. The van der Waals surface area contributed by atoms with E-state index in [4.69, 9.17) is 18.9 Å². The Bertz CT molecular complexity index is 2110. The van der Waals surface area contributed by atoms with Crippen molar-refractivity contribution in [3.8, 4) is 57.1 Å². The maximum absolute atomic E-state index is 13.7. The Hall–Kier alpha value is -6.23. The van der Waals surface area contributed by atoms with Gasteiger partial charge in [0.2, 0.25) is 11.5 Å². The van der Waals surface area contributed by atoms with Gasteiger partial charge in [0.05, 0.1) is 17.5 Å². The molecule has 0 amide bonds. The molecule has 0 saturated carbocycles. The largest absolute Gasteiger partial charge is 0.507 e. The molecule has 1 saturated heterocycles. The lowest BCUT2D eigenvalue weighted by Crippen LogP contribution is -2.57. The highest BCUT2D eigenvalue weighted by Crippen LogP contribution is 2.53. The summed E-state index contributed by atoms with van der Waals surface area (Å²) in [5, 5.41) is 96.1.